The minimum atomic E-state index is -0.0894. The highest BCUT2D eigenvalue weighted by atomic mass is 16.5. The molecule has 0 spiro atoms. The fourth-order valence-corrected chi connectivity index (χ4v) is 4.73. The molecule has 0 amide bonds. The zero-order valence-corrected chi connectivity index (χ0v) is 18.5. The number of guanidine groups is 1. The van der Waals surface area contributed by atoms with Gasteiger partial charge in [-0.3, -0.25) is 9.47 Å². The van der Waals surface area contributed by atoms with E-state index in [1.165, 1.54) is 0 Å². The van der Waals surface area contributed by atoms with Gasteiger partial charge >= 0.3 is 0 Å². The summed E-state index contributed by atoms with van der Waals surface area (Å²) in [5, 5.41) is 8.43. The lowest BCUT2D eigenvalue weighted by molar-refractivity contribution is -0.0528. The van der Waals surface area contributed by atoms with Crippen LogP contribution >= 0.6 is 0 Å². The zero-order chi connectivity index (χ0) is 21.7. The summed E-state index contributed by atoms with van der Waals surface area (Å²) in [4.78, 5) is 14.5. The summed E-state index contributed by atoms with van der Waals surface area (Å²) >= 11 is 0. The second-order valence-electron chi connectivity index (χ2n) is 8.55. The number of imidazole rings is 1. The first-order valence-electron chi connectivity index (χ1n) is 11.1. The smallest absolute Gasteiger partial charge is 0.216 e. The number of benzene rings is 2. The third kappa shape index (κ3) is 3.21. The average Bonchev–Trinajstić information content (AvgIpc) is 3.24. The molecule has 1 N–H and O–H groups in total. The number of aromatic nitrogens is 2. The first-order chi connectivity index (χ1) is 15.7. The van der Waals surface area contributed by atoms with Crippen LogP contribution in [0.4, 0.5) is 5.95 Å². The lowest BCUT2D eigenvalue weighted by Crippen LogP contribution is -2.62. The van der Waals surface area contributed by atoms with Crippen LogP contribution < -0.4 is 15.0 Å². The number of piperazine rings is 1. The fraction of sp³-hybridized carbons (Fsp3) is 0.391. The van der Waals surface area contributed by atoms with Crippen molar-refractivity contribution in [1.29, 1.82) is 0 Å². The molecule has 1 saturated heterocycles. The summed E-state index contributed by atoms with van der Waals surface area (Å²) in [6, 6.07) is 16.5. The monoisotopic (exact) mass is 432 g/mol. The molecule has 1 fully saturated rings. The van der Waals surface area contributed by atoms with Crippen LogP contribution in [0.25, 0.3) is 11.0 Å². The van der Waals surface area contributed by atoms with Crippen LogP contribution in [0.2, 0.25) is 0 Å². The Morgan fingerprint density at radius 3 is 2.53 bits per heavy atom. The Morgan fingerprint density at radius 1 is 0.969 bits per heavy atom. The van der Waals surface area contributed by atoms with Crippen molar-refractivity contribution in [2.75, 3.05) is 58.6 Å². The maximum absolute atomic E-state index is 5.36. The Balaban J connectivity index is 1.39. The number of likely N-dealkylation sites (N-methyl/N-ethyl adjacent to an activating group) is 1. The van der Waals surface area contributed by atoms with E-state index in [0.29, 0.717) is 6.67 Å². The van der Waals surface area contributed by atoms with Crippen molar-refractivity contribution in [3.63, 3.8) is 0 Å². The number of methoxy groups -OCH3 is 1. The molecule has 6 rings (SSSR count). The largest absolute Gasteiger partial charge is 0.497 e. The van der Waals surface area contributed by atoms with Gasteiger partial charge in [0.25, 0.3) is 0 Å². The second kappa shape index (κ2) is 7.77. The van der Waals surface area contributed by atoms with Gasteiger partial charge in [0.05, 0.1) is 24.8 Å². The SMILES string of the molecule is COc1ccc(C2NC3=NCN(N4CCN(C)CC4)CN3c3nc4ccccc4n32)cc1. The van der Waals surface area contributed by atoms with Gasteiger partial charge in [-0.25, -0.2) is 20.0 Å². The molecule has 166 valence electrons. The molecular weight excluding hydrogens is 404 g/mol. The summed E-state index contributed by atoms with van der Waals surface area (Å²) in [7, 11) is 3.87. The molecule has 1 unspecified atom stereocenters. The van der Waals surface area contributed by atoms with E-state index in [9.17, 15) is 0 Å². The number of nitrogens with one attached hydrogen (secondary N) is 1. The molecule has 0 saturated carbocycles. The van der Waals surface area contributed by atoms with Gasteiger partial charge in [0.2, 0.25) is 11.9 Å². The molecule has 3 aromatic rings. The van der Waals surface area contributed by atoms with E-state index < -0.39 is 0 Å². The van der Waals surface area contributed by atoms with Crippen LogP contribution in [0.5, 0.6) is 5.75 Å². The number of hydrogen-bond donors (Lipinski definition) is 1. The molecule has 3 aliphatic heterocycles. The highest BCUT2D eigenvalue weighted by Gasteiger charge is 2.37. The summed E-state index contributed by atoms with van der Waals surface area (Å²) in [5.41, 5.74) is 3.23. The van der Waals surface area contributed by atoms with Gasteiger partial charge < -0.3 is 15.0 Å². The van der Waals surface area contributed by atoms with Crippen molar-refractivity contribution in [2.45, 2.75) is 6.17 Å². The summed E-state index contributed by atoms with van der Waals surface area (Å²) in [6.07, 6.45) is -0.0894. The summed E-state index contributed by atoms with van der Waals surface area (Å²) in [6.45, 7) is 5.57. The third-order valence-corrected chi connectivity index (χ3v) is 6.60. The van der Waals surface area contributed by atoms with Crippen molar-refractivity contribution in [3.05, 3.63) is 54.1 Å². The van der Waals surface area contributed by atoms with E-state index in [4.69, 9.17) is 14.7 Å². The first-order valence-corrected chi connectivity index (χ1v) is 11.1. The highest BCUT2D eigenvalue weighted by molar-refractivity contribution is 5.98. The van der Waals surface area contributed by atoms with Crippen molar-refractivity contribution < 1.29 is 4.74 Å². The number of fused-ring (bicyclic) bond motifs is 5. The Morgan fingerprint density at radius 2 is 1.75 bits per heavy atom. The lowest BCUT2D eigenvalue weighted by atomic mass is 10.1. The number of aliphatic imine (C=N–C) groups is 1. The Bertz CT molecular complexity index is 1150. The molecule has 4 heterocycles. The van der Waals surface area contributed by atoms with Crippen LogP contribution in [0.1, 0.15) is 11.7 Å². The minimum absolute atomic E-state index is 0.0894. The number of hydrazine groups is 1. The molecule has 0 aliphatic carbocycles. The molecule has 0 bridgehead atoms. The molecule has 2 aromatic carbocycles. The first kappa shape index (κ1) is 19.5. The number of nitrogens with zero attached hydrogens (tertiary/aromatic N) is 7. The lowest BCUT2D eigenvalue weighted by Gasteiger charge is -2.46. The molecule has 3 aliphatic rings. The predicted octanol–water partition coefficient (Wildman–Crippen LogP) is 1.75. The molecule has 1 aromatic heterocycles. The van der Waals surface area contributed by atoms with Crippen LogP contribution in [-0.2, 0) is 0 Å². The molecule has 1 atom stereocenters. The van der Waals surface area contributed by atoms with Crippen molar-refractivity contribution >= 4 is 22.9 Å². The highest BCUT2D eigenvalue weighted by Crippen LogP contribution is 2.34. The number of para-hydroxylation sites is 2. The van der Waals surface area contributed by atoms with Gasteiger partial charge in [-0.15, -0.1) is 0 Å². The van der Waals surface area contributed by atoms with Crippen molar-refractivity contribution in [2.24, 2.45) is 4.99 Å². The topological polar surface area (TPSA) is 64.4 Å². The van der Waals surface area contributed by atoms with E-state index in [2.05, 4.69) is 67.1 Å². The maximum atomic E-state index is 5.36. The van der Waals surface area contributed by atoms with Gasteiger partial charge in [0.1, 0.15) is 18.6 Å². The van der Waals surface area contributed by atoms with E-state index in [1.807, 2.05) is 18.2 Å². The Kier molecular flexibility index (Phi) is 4.74. The number of ether oxygens (including phenoxy) is 1. The van der Waals surface area contributed by atoms with E-state index in [1.54, 1.807) is 7.11 Å². The number of rotatable bonds is 3. The van der Waals surface area contributed by atoms with Gasteiger partial charge in [-0.05, 0) is 36.9 Å². The maximum Gasteiger partial charge on any atom is 0.216 e. The Labute approximate surface area is 187 Å². The normalized spacial score (nSPS) is 22.2. The molecule has 32 heavy (non-hydrogen) atoms. The zero-order valence-electron chi connectivity index (χ0n) is 18.5. The van der Waals surface area contributed by atoms with E-state index in [-0.39, 0.29) is 6.17 Å². The predicted molar refractivity (Wildman–Crippen MR) is 125 cm³/mol. The molecule has 9 nitrogen and oxygen atoms in total. The van der Waals surface area contributed by atoms with Crippen LogP contribution in [0, 0.1) is 0 Å². The van der Waals surface area contributed by atoms with Crippen LogP contribution in [0.15, 0.2) is 53.5 Å². The van der Waals surface area contributed by atoms with Crippen molar-refractivity contribution in [3.8, 4) is 5.75 Å². The van der Waals surface area contributed by atoms with Crippen molar-refractivity contribution in [1.82, 2.24) is 29.8 Å². The van der Waals surface area contributed by atoms with Gasteiger partial charge in [-0.2, -0.15) is 0 Å². The Hall–Kier alpha value is -3.14. The quantitative estimate of drug-likeness (QED) is 0.677. The number of hydrogen-bond acceptors (Lipinski definition) is 8. The van der Waals surface area contributed by atoms with Gasteiger partial charge in [-0.1, -0.05) is 24.3 Å². The van der Waals surface area contributed by atoms with E-state index in [0.717, 1.165) is 67.1 Å². The molecule has 9 heteroatoms. The van der Waals surface area contributed by atoms with Crippen LogP contribution in [-0.4, -0.2) is 84.1 Å². The third-order valence-electron chi connectivity index (χ3n) is 6.60. The minimum Gasteiger partial charge on any atom is -0.497 e. The molecular formula is C23H28N8O. The van der Waals surface area contributed by atoms with Gasteiger partial charge in [0, 0.05) is 26.2 Å². The fourth-order valence-electron chi connectivity index (χ4n) is 4.73. The standard InChI is InChI=1S/C23H28N8O/c1-27-11-13-28(14-12-27)29-15-24-22-26-21(17-7-9-18(32-2)10-8-17)31-20-6-4-3-5-19(20)25-23(31)30(22)16-29/h3-10,21H,11-16H2,1-2H3,(H,24,26). The van der Waals surface area contributed by atoms with Gasteiger partial charge in [0.15, 0.2) is 0 Å². The van der Waals surface area contributed by atoms with E-state index >= 15 is 0 Å². The second-order valence-corrected chi connectivity index (χ2v) is 8.55. The summed E-state index contributed by atoms with van der Waals surface area (Å²) < 4.78 is 7.64. The summed E-state index contributed by atoms with van der Waals surface area (Å²) in [5.74, 6) is 2.64. The number of anilines is 1. The molecule has 0 radical (unpaired) electrons. The van der Waals surface area contributed by atoms with Crippen LogP contribution in [0.3, 0.4) is 0 Å². The average molecular weight is 433 g/mol.